The summed E-state index contributed by atoms with van der Waals surface area (Å²) in [5, 5.41) is 4.41. The molecule has 1 aromatic carbocycles. The van der Waals surface area contributed by atoms with Gasteiger partial charge in [0.05, 0.1) is 16.8 Å². The summed E-state index contributed by atoms with van der Waals surface area (Å²) in [5.74, 6) is -0.318. The number of carbonyl (C=O) groups excluding carboxylic acids is 1. The lowest BCUT2D eigenvalue weighted by Crippen LogP contribution is -2.19. The summed E-state index contributed by atoms with van der Waals surface area (Å²) in [6, 6.07) is 8.25. The van der Waals surface area contributed by atoms with Gasteiger partial charge in [-0.3, -0.25) is 9.48 Å². The zero-order chi connectivity index (χ0) is 18.8. The largest absolute Gasteiger partial charge is 0.383 e. The van der Waals surface area contributed by atoms with E-state index in [2.05, 4.69) is 35.2 Å². The highest BCUT2D eigenvalue weighted by molar-refractivity contribution is 7.16. The van der Waals surface area contributed by atoms with Gasteiger partial charge in [0, 0.05) is 25.4 Å². The molecule has 0 saturated carbocycles. The topological polar surface area (TPSA) is 61.4 Å². The summed E-state index contributed by atoms with van der Waals surface area (Å²) in [5.41, 5.74) is 3.58. The smallest absolute Gasteiger partial charge is 0.300 e. The summed E-state index contributed by atoms with van der Waals surface area (Å²) in [7, 11) is 1.67. The Bertz CT molecular complexity index is 1010. The fourth-order valence-corrected chi connectivity index (χ4v) is 4.08. The van der Waals surface area contributed by atoms with Crippen LogP contribution in [-0.4, -0.2) is 34.0 Å². The average Bonchev–Trinajstić information content (AvgIpc) is 3.13. The van der Waals surface area contributed by atoms with Crippen LogP contribution in [0.15, 0.2) is 29.3 Å². The zero-order valence-corrected chi connectivity index (χ0v) is 16.6. The molecule has 7 heteroatoms. The Kier molecular flexibility index (Phi) is 5.38. The van der Waals surface area contributed by atoms with Gasteiger partial charge in [0.25, 0.3) is 5.91 Å². The molecule has 1 amide bonds. The van der Waals surface area contributed by atoms with Crippen molar-refractivity contribution < 1.29 is 9.53 Å². The maximum absolute atomic E-state index is 12.7. The van der Waals surface area contributed by atoms with Gasteiger partial charge in [-0.25, -0.2) is 0 Å². The van der Waals surface area contributed by atoms with E-state index in [1.165, 1.54) is 16.9 Å². The summed E-state index contributed by atoms with van der Waals surface area (Å²) in [6.45, 7) is 9.29. The van der Waals surface area contributed by atoms with Crippen molar-refractivity contribution in [1.82, 2.24) is 14.3 Å². The van der Waals surface area contributed by atoms with Gasteiger partial charge in [-0.05, 0) is 51.5 Å². The summed E-state index contributed by atoms with van der Waals surface area (Å²) >= 11 is 1.51. The molecule has 0 bridgehead atoms. The molecular formula is C19H24N4O2S. The Hall–Kier alpha value is -2.25. The van der Waals surface area contributed by atoms with E-state index in [1.807, 2.05) is 30.0 Å². The number of benzene rings is 1. The van der Waals surface area contributed by atoms with Crippen LogP contribution >= 0.6 is 11.3 Å². The Labute approximate surface area is 156 Å². The van der Waals surface area contributed by atoms with E-state index in [-0.39, 0.29) is 11.9 Å². The van der Waals surface area contributed by atoms with Gasteiger partial charge >= 0.3 is 0 Å². The molecule has 0 atom stereocenters. The van der Waals surface area contributed by atoms with Crippen LogP contribution in [0.2, 0.25) is 0 Å². The number of nitrogens with zero attached hydrogens (tertiary/aromatic N) is 4. The maximum Gasteiger partial charge on any atom is 0.300 e. The predicted molar refractivity (Wildman–Crippen MR) is 104 cm³/mol. The number of fused-ring (bicyclic) bond motifs is 1. The van der Waals surface area contributed by atoms with E-state index in [1.54, 1.807) is 13.2 Å². The first-order valence-electron chi connectivity index (χ1n) is 8.65. The zero-order valence-electron chi connectivity index (χ0n) is 15.8. The van der Waals surface area contributed by atoms with E-state index >= 15 is 0 Å². The molecule has 0 unspecified atom stereocenters. The molecule has 3 rings (SSSR count). The van der Waals surface area contributed by atoms with Crippen LogP contribution in [0.25, 0.3) is 10.2 Å². The number of aryl methyl sites for hydroxylation is 2. The molecule has 0 spiro atoms. The van der Waals surface area contributed by atoms with Crippen molar-refractivity contribution in [3.05, 3.63) is 46.0 Å². The molecule has 138 valence electrons. The minimum Gasteiger partial charge on any atom is -0.383 e. The van der Waals surface area contributed by atoms with Gasteiger partial charge in [-0.2, -0.15) is 10.1 Å². The number of methoxy groups -OCH3 is 1. The highest BCUT2D eigenvalue weighted by Gasteiger charge is 2.14. The van der Waals surface area contributed by atoms with Crippen molar-refractivity contribution >= 4 is 27.5 Å². The minimum atomic E-state index is -0.318. The van der Waals surface area contributed by atoms with Crippen LogP contribution in [0.3, 0.4) is 0 Å². The number of carbonyl (C=O) groups is 1. The maximum atomic E-state index is 12.7. The average molecular weight is 372 g/mol. The van der Waals surface area contributed by atoms with E-state index in [9.17, 15) is 4.79 Å². The molecule has 0 aliphatic rings. The van der Waals surface area contributed by atoms with Crippen LogP contribution in [0.1, 0.15) is 41.6 Å². The molecule has 0 aliphatic heterocycles. The second kappa shape index (κ2) is 7.55. The first kappa shape index (κ1) is 18.5. The predicted octanol–water partition coefficient (Wildman–Crippen LogP) is 3.48. The van der Waals surface area contributed by atoms with Crippen molar-refractivity contribution in [2.45, 2.75) is 40.3 Å². The van der Waals surface area contributed by atoms with Crippen molar-refractivity contribution in [3.63, 3.8) is 0 Å². The molecule has 26 heavy (non-hydrogen) atoms. The van der Waals surface area contributed by atoms with Crippen LogP contribution in [0.5, 0.6) is 0 Å². The number of ether oxygens (including phenoxy) is 1. The second-order valence-electron chi connectivity index (χ2n) is 6.63. The minimum absolute atomic E-state index is 0.204. The van der Waals surface area contributed by atoms with Gasteiger partial charge in [-0.1, -0.05) is 17.4 Å². The van der Waals surface area contributed by atoms with Crippen molar-refractivity contribution in [3.8, 4) is 0 Å². The van der Waals surface area contributed by atoms with Gasteiger partial charge in [0.2, 0.25) is 0 Å². The highest BCUT2D eigenvalue weighted by Crippen LogP contribution is 2.19. The third kappa shape index (κ3) is 3.64. The Morgan fingerprint density at radius 1 is 1.31 bits per heavy atom. The van der Waals surface area contributed by atoms with Crippen LogP contribution in [-0.2, 0) is 11.3 Å². The molecule has 2 aromatic heterocycles. The molecule has 0 N–H and O–H groups in total. The molecule has 0 radical (unpaired) electrons. The third-order valence-corrected chi connectivity index (χ3v) is 5.23. The first-order valence-corrected chi connectivity index (χ1v) is 9.46. The molecule has 2 heterocycles. The van der Waals surface area contributed by atoms with E-state index in [0.717, 1.165) is 15.9 Å². The lowest BCUT2D eigenvalue weighted by atomic mass is 10.2. The fourth-order valence-electron chi connectivity index (χ4n) is 2.92. The quantitative estimate of drug-likeness (QED) is 0.689. The van der Waals surface area contributed by atoms with Gasteiger partial charge in [-0.15, -0.1) is 0 Å². The van der Waals surface area contributed by atoms with Gasteiger partial charge < -0.3 is 9.30 Å². The monoisotopic (exact) mass is 372 g/mol. The van der Waals surface area contributed by atoms with Crippen LogP contribution in [0.4, 0.5) is 0 Å². The number of hydrogen-bond donors (Lipinski definition) is 0. The van der Waals surface area contributed by atoms with Crippen LogP contribution < -0.4 is 4.80 Å². The highest BCUT2D eigenvalue weighted by atomic mass is 32.1. The number of rotatable bonds is 5. The SMILES string of the molecule is COCCn1c(=NC(=O)c2cc(C)n(C(C)C)n2)sc2cc(C)ccc21. The van der Waals surface area contributed by atoms with Crippen molar-refractivity contribution in [1.29, 1.82) is 0 Å². The Morgan fingerprint density at radius 3 is 2.73 bits per heavy atom. The summed E-state index contributed by atoms with van der Waals surface area (Å²) in [6.07, 6.45) is 0. The molecule has 0 fully saturated rings. The van der Waals surface area contributed by atoms with Gasteiger partial charge in [0.1, 0.15) is 0 Å². The molecule has 3 aromatic rings. The molecule has 0 saturated heterocycles. The standard InChI is InChI=1S/C19H24N4O2S/c1-12(2)23-14(4)11-15(21-23)18(24)20-19-22(8-9-25-5)16-7-6-13(3)10-17(16)26-19/h6-7,10-12H,8-9H2,1-5H3. The van der Waals surface area contributed by atoms with Gasteiger partial charge in [0.15, 0.2) is 10.5 Å². The number of amides is 1. The number of hydrogen-bond acceptors (Lipinski definition) is 4. The third-order valence-electron chi connectivity index (χ3n) is 4.19. The fraction of sp³-hybridized carbons (Fsp3) is 0.421. The summed E-state index contributed by atoms with van der Waals surface area (Å²) < 4.78 is 10.2. The van der Waals surface area contributed by atoms with Crippen LogP contribution in [0, 0.1) is 13.8 Å². The first-order chi connectivity index (χ1) is 12.4. The lowest BCUT2D eigenvalue weighted by molar-refractivity contribution is 0.0991. The molecular weight excluding hydrogens is 348 g/mol. The van der Waals surface area contributed by atoms with Crippen molar-refractivity contribution in [2.75, 3.05) is 13.7 Å². The van der Waals surface area contributed by atoms with E-state index in [0.29, 0.717) is 23.6 Å². The van der Waals surface area contributed by atoms with Crippen molar-refractivity contribution in [2.24, 2.45) is 4.99 Å². The van der Waals surface area contributed by atoms with E-state index < -0.39 is 0 Å². The van der Waals surface area contributed by atoms with E-state index in [4.69, 9.17) is 4.74 Å². The number of aromatic nitrogens is 3. The molecule has 6 nitrogen and oxygen atoms in total. The number of thiazole rings is 1. The normalized spacial score (nSPS) is 12.5. The second-order valence-corrected chi connectivity index (χ2v) is 7.64. The summed E-state index contributed by atoms with van der Waals surface area (Å²) in [4.78, 5) is 17.7. The Morgan fingerprint density at radius 2 is 2.08 bits per heavy atom. The molecule has 0 aliphatic carbocycles. The lowest BCUT2D eigenvalue weighted by Gasteiger charge is -2.06. The Balaban J connectivity index is 2.07.